The Labute approximate surface area is 197 Å². The third kappa shape index (κ3) is 4.28. The van der Waals surface area contributed by atoms with Crippen molar-refractivity contribution in [2.24, 2.45) is 5.73 Å². The maximum absolute atomic E-state index is 12.0. The van der Waals surface area contributed by atoms with Gasteiger partial charge in [0.2, 0.25) is 5.89 Å². The van der Waals surface area contributed by atoms with E-state index in [0.717, 1.165) is 0 Å². The van der Waals surface area contributed by atoms with E-state index in [4.69, 9.17) is 13.2 Å². The fourth-order valence-electron chi connectivity index (χ4n) is 3.07. The summed E-state index contributed by atoms with van der Waals surface area (Å²) in [5.41, 5.74) is 5.80. The minimum Gasteiger partial charge on any atom is -0.442 e. The van der Waals surface area contributed by atoms with Crippen LogP contribution in [0.1, 0.15) is 34.6 Å². The first-order valence-corrected chi connectivity index (χ1v) is 10.3. The van der Waals surface area contributed by atoms with Crippen LogP contribution < -0.4 is 8.80 Å². The van der Waals surface area contributed by atoms with Crippen LogP contribution in [0, 0.1) is 18.8 Å². The second kappa shape index (κ2) is 8.57. The van der Waals surface area contributed by atoms with E-state index < -0.39 is 11.5 Å². The molecule has 0 saturated heterocycles. The zero-order valence-corrected chi connectivity index (χ0v) is 19.2. The van der Waals surface area contributed by atoms with E-state index in [1.54, 1.807) is 72.4 Å². The largest absolute Gasteiger partial charge is 0.442 e. The van der Waals surface area contributed by atoms with E-state index in [9.17, 15) is 9.90 Å². The number of benzene rings is 2. The van der Waals surface area contributed by atoms with Crippen molar-refractivity contribution in [2.75, 3.05) is 0 Å². The van der Waals surface area contributed by atoms with Gasteiger partial charge in [-0.05, 0) is 32.0 Å². The van der Waals surface area contributed by atoms with Gasteiger partial charge < -0.3 is 18.3 Å². The van der Waals surface area contributed by atoms with Gasteiger partial charge >= 0.3 is 0 Å². The fourth-order valence-corrected chi connectivity index (χ4v) is 3.42. The zero-order valence-electron chi connectivity index (χ0n) is 17.1. The molecule has 3 N–H and O–H groups in total. The normalized spacial score (nSPS) is 12.6. The number of aliphatic hydroxyl groups is 1. The molecule has 160 valence electrons. The van der Waals surface area contributed by atoms with Crippen LogP contribution in [-0.4, -0.2) is 26.0 Å². The van der Waals surface area contributed by atoms with Crippen molar-refractivity contribution in [3.8, 4) is 29.0 Å². The zero-order chi connectivity index (χ0) is 22.9. The number of amides is 1. The molecule has 8 nitrogen and oxygen atoms in total. The molecule has 0 aliphatic heterocycles. The summed E-state index contributed by atoms with van der Waals surface area (Å²) in [7, 11) is 0. The Kier molecular flexibility index (Phi) is 5.82. The molecule has 2 heterocycles. The molecule has 0 radical (unpaired) electrons. The van der Waals surface area contributed by atoms with Gasteiger partial charge in [0.25, 0.3) is 5.91 Å². The summed E-state index contributed by atoms with van der Waals surface area (Å²) in [5, 5.41) is 11.1. The Balaban J connectivity index is 1.78. The highest BCUT2D eigenvalue weighted by atomic mass is 127. The number of halogens is 1. The molecule has 4 aromatic rings. The summed E-state index contributed by atoms with van der Waals surface area (Å²) in [4.78, 5) is 25.0. The summed E-state index contributed by atoms with van der Waals surface area (Å²) < 4.78 is 10.7. The van der Waals surface area contributed by atoms with E-state index in [1.807, 2.05) is 0 Å². The van der Waals surface area contributed by atoms with Crippen molar-refractivity contribution >= 4 is 39.8 Å². The number of carbonyl (C=O) groups is 1. The number of oxazole rings is 1. The highest BCUT2D eigenvalue weighted by Crippen LogP contribution is 2.29. The van der Waals surface area contributed by atoms with Gasteiger partial charge in [-0.1, -0.05) is 36.1 Å². The Hall–Kier alpha value is -3.49. The Morgan fingerprint density at radius 3 is 2.72 bits per heavy atom. The number of nitrogens with zero attached hydrogens (tertiary/aromatic N) is 3. The van der Waals surface area contributed by atoms with Gasteiger partial charge in [-0.15, -0.1) is 0 Å². The van der Waals surface area contributed by atoms with Gasteiger partial charge in [0.1, 0.15) is 17.0 Å². The van der Waals surface area contributed by atoms with Crippen molar-refractivity contribution in [1.82, 2.24) is 15.0 Å². The summed E-state index contributed by atoms with van der Waals surface area (Å²) >= 11 is 1.76. The molecule has 1 amide bonds. The Bertz CT molecular complexity index is 1400. The van der Waals surface area contributed by atoms with Crippen LogP contribution in [0.5, 0.6) is 5.75 Å². The number of hydrogen-bond donors (Lipinski definition) is 2. The van der Waals surface area contributed by atoms with Crippen LogP contribution in [-0.2, 0) is 5.60 Å². The fraction of sp³-hybridized carbons (Fsp3) is 0.130. The van der Waals surface area contributed by atoms with Gasteiger partial charge in [0.05, 0.1) is 6.20 Å². The average Bonchev–Trinajstić information content (AvgIpc) is 3.24. The van der Waals surface area contributed by atoms with Crippen LogP contribution in [0.4, 0.5) is 0 Å². The molecule has 4 rings (SSSR count). The molecule has 9 heteroatoms. The van der Waals surface area contributed by atoms with E-state index in [1.165, 1.54) is 13.1 Å². The third-order valence-electron chi connectivity index (χ3n) is 4.61. The minimum absolute atomic E-state index is 0.0963. The molecule has 0 aliphatic carbocycles. The lowest BCUT2D eigenvalue weighted by Crippen LogP contribution is -2.18. The lowest BCUT2D eigenvalue weighted by molar-refractivity contribution is 0.0882. The van der Waals surface area contributed by atoms with Gasteiger partial charge in [-0.25, -0.2) is 15.0 Å². The summed E-state index contributed by atoms with van der Waals surface area (Å²) in [6.45, 7) is 3.24. The molecule has 1 atom stereocenters. The van der Waals surface area contributed by atoms with Crippen molar-refractivity contribution in [2.45, 2.75) is 19.4 Å². The number of nitrogens with two attached hydrogens (primary N) is 1. The van der Waals surface area contributed by atoms with Gasteiger partial charge in [-0.2, -0.15) is 0 Å². The summed E-state index contributed by atoms with van der Waals surface area (Å²) in [6.07, 6.45) is 1.52. The summed E-state index contributed by atoms with van der Waals surface area (Å²) in [6, 6.07) is 12.3. The van der Waals surface area contributed by atoms with Crippen LogP contribution in [0.15, 0.2) is 53.1 Å². The molecule has 32 heavy (non-hydrogen) atoms. The smallest absolute Gasteiger partial charge is 0.268 e. The summed E-state index contributed by atoms with van der Waals surface area (Å²) in [5.74, 6) is 6.52. The van der Waals surface area contributed by atoms with Crippen LogP contribution in [0.25, 0.3) is 22.3 Å². The lowest BCUT2D eigenvalue weighted by Gasteiger charge is -2.11. The van der Waals surface area contributed by atoms with Crippen molar-refractivity contribution in [1.29, 1.82) is 0 Å². The van der Waals surface area contributed by atoms with Crippen molar-refractivity contribution < 1.29 is 17.4 Å². The molecule has 0 fully saturated rings. The quantitative estimate of drug-likeness (QED) is 0.299. The van der Waals surface area contributed by atoms with Crippen molar-refractivity contribution in [3.05, 3.63) is 71.6 Å². The predicted molar refractivity (Wildman–Crippen MR) is 126 cm³/mol. The second-order valence-corrected chi connectivity index (χ2v) is 7.61. The number of hydrogen-bond acceptors (Lipinski definition) is 7. The lowest BCUT2D eigenvalue weighted by atomic mass is 10.1. The minimum atomic E-state index is -1.56. The van der Waals surface area contributed by atoms with Crippen LogP contribution >= 0.6 is 23.0 Å². The van der Waals surface area contributed by atoms with E-state index in [0.29, 0.717) is 39.4 Å². The number of para-hydroxylation sites is 1. The standard InChI is InChI=1S/C23H17IN4O4/c1-13-12-26-22(31-13)23(2,30)10-9-14-5-3-6-15(11-14)21-27-18-16(19(28-21)20(25)29)7-4-8-17(18)32-24/h3-8,11-12,30H,1-2H3,(H2,25,29)/t23-/m0/s1. The first-order valence-electron chi connectivity index (χ1n) is 9.46. The molecule has 0 unspecified atom stereocenters. The van der Waals surface area contributed by atoms with Crippen molar-refractivity contribution in [3.63, 3.8) is 0 Å². The topological polar surface area (TPSA) is 124 Å². The molecule has 2 aromatic carbocycles. The first-order chi connectivity index (χ1) is 15.3. The number of aryl methyl sites for hydroxylation is 1. The highest BCUT2D eigenvalue weighted by Gasteiger charge is 2.26. The number of fused-ring (bicyclic) bond motifs is 1. The molecular weight excluding hydrogens is 523 g/mol. The van der Waals surface area contributed by atoms with E-state index in [-0.39, 0.29) is 11.6 Å². The van der Waals surface area contributed by atoms with Gasteiger partial charge in [-0.3, -0.25) is 4.79 Å². The third-order valence-corrected chi connectivity index (χ3v) is 5.09. The molecule has 0 aliphatic rings. The molecule has 0 saturated carbocycles. The number of aromatic nitrogens is 3. The number of primary amides is 1. The first kappa shape index (κ1) is 21.7. The SMILES string of the molecule is Cc1cnc([C@@](C)(O)C#Cc2cccc(-c3nc(C(N)=O)c4cccc(OI)c4n3)c2)o1. The second-order valence-electron chi connectivity index (χ2n) is 7.17. The maximum atomic E-state index is 12.0. The Morgan fingerprint density at radius 1 is 1.25 bits per heavy atom. The van der Waals surface area contributed by atoms with Gasteiger partial charge in [0.15, 0.2) is 40.2 Å². The highest BCUT2D eigenvalue weighted by molar-refractivity contribution is 14.1. The van der Waals surface area contributed by atoms with Gasteiger partial charge in [0, 0.05) is 16.5 Å². The predicted octanol–water partition coefficient (Wildman–Crippen LogP) is 3.68. The molecule has 0 bridgehead atoms. The molecule has 0 spiro atoms. The van der Waals surface area contributed by atoms with E-state index in [2.05, 4.69) is 26.8 Å². The Morgan fingerprint density at radius 2 is 2.03 bits per heavy atom. The number of carbonyl (C=O) groups excluding carboxylic acids is 1. The van der Waals surface area contributed by atoms with Crippen LogP contribution in [0.3, 0.4) is 0 Å². The number of rotatable bonds is 4. The monoisotopic (exact) mass is 540 g/mol. The maximum Gasteiger partial charge on any atom is 0.268 e. The molecule has 2 aromatic heterocycles. The van der Waals surface area contributed by atoms with E-state index >= 15 is 0 Å². The molecular formula is C23H17IN4O4. The average molecular weight is 540 g/mol. The van der Waals surface area contributed by atoms with Crippen LogP contribution in [0.2, 0.25) is 0 Å².